The third kappa shape index (κ3) is 2.15. The van der Waals surface area contributed by atoms with E-state index in [0.29, 0.717) is 6.54 Å². The molecule has 2 fully saturated rings. The number of hydrogen-bond donors (Lipinski definition) is 3. The first kappa shape index (κ1) is 15.5. The van der Waals surface area contributed by atoms with Gasteiger partial charge in [-0.2, -0.15) is 0 Å². The van der Waals surface area contributed by atoms with Crippen LogP contribution in [0.3, 0.4) is 0 Å². The molecule has 0 radical (unpaired) electrons. The zero-order chi connectivity index (χ0) is 16.2. The fourth-order valence-electron chi connectivity index (χ4n) is 4.10. The summed E-state index contributed by atoms with van der Waals surface area (Å²) in [6.45, 7) is 5.67. The van der Waals surface area contributed by atoms with Crippen molar-refractivity contribution < 1.29 is 19.8 Å². The fourth-order valence-corrected chi connectivity index (χ4v) is 4.10. The van der Waals surface area contributed by atoms with Crippen LogP contribution < -0.4 is 5.73 Å². The van der Waals surface area contributed by atoms with Crippen molar-refractivity contribution in [2.75, 3.05) is 19.6 Å². The van der Waals surface area contributed by atoms with Crippen molar-refractivity contribution in [3.8, 4) is 0 Å². The van der Waals surface area contributed by atoms with Crippen molar-refractivity contribution in [3.05, 3.63) is 11.3 Å². The summed E-state index contributed by atoms with van der Waals surface area (Å²) in [5, 5.41) is 19.3. The standard InChI is InChI=1S/C15H23N3O4/c1-7-10(6-17-4-3-9(16)5-17)13(15(21)22)18-12(7)11(8(2)19)14(18)20/h7-9,11-12,19H,3-6,16H2,1-2H3,(H,21,22)/t7-,8+,9-,11?,12+/m0/s1. The fraction of sp³-hybridized carbons (Fsp3) is 0.733. The third-order valence-corrected chi connectivity index (χ3v) is 5.22. The Morgan fingerprint density at radius 1 is 1.50 bits per heavy atom. The number of likely N-dealkylation sites (tertiary alicyclic amines) is 1. The van der Waals surface area contributed by atoms with E-state index in [-0.39, 0.29) is 29.6 Å². The molecule has 0 spiro atoms. The van der Waals surface area contributed by atoms with Gasteiger partial charge in [0.2, 0.25) is 5.91 Å². The van der Waals surface area contributed by atoms with E-state index in [2.05, 4.69) is 4.90 Å². The Labute approximate surface area is 129 Å². The number of aliphatic hydroxyl groups excluding tert-OH is 1. The molecule has 1 unspecified atom stereocenters. The number of carboxylic acids is 1. The van der Waals surface area contributed by atoms with E-state index in [1.54, 1.807) is 6.92 Å². The lowest BCUT2D eigenvalue weighted by Gasteiger charge is -2.46. The molecule has 3 aliphatic rings. The summed E-state index contributed by atoms with van der Waals surface area (Å²) < 4.78 is 0. The lowest BCUT2D eigenvalue weighted by atomic mass is 9.77. The van der Waals surface area contributed by atoms with Crippen molar-refractivity contribution >= 4 is 11.9 Å². The van der Waals surface area contributed by atoms with E-state index in [0.717, 1.165) is 25.1 Å². The molecule has 0 saturated carbocycles. The van der Waals surface area contributed by atoms with Gasteiger partial charge in [0.15, 0.2) is 0 Å². The van der Waals surface area contributed by atoms with Crippen molar-refractivity contribution in [1.82, 2.24) is 9.80 Å². The van der Waals surface area contributed by atoms with E-state index >= 15 is 0 Å². The van der Waals surface area contributed by atoms with Crippen LogP contribution in [-0.4, -0.2) is 69.7 Å². The Balaban J connectivity index is 1.87. The maximum Gasteiger partial charge on any atom is 0.352 e. The summed E-state index contributed by atoms with van der Waals surface area (Å²) in [4.78, 5) is 27.4. The van der Waals surface area contributed by atoms with Gasteiger partial charge in [0.1, 0.15) is 5.70 Å². The molecule has 0 aromatic carbocycles. The topological polar surface area (TPSA) is 107 Å². The summed E-state index contributed by atoms with van der Waals surface area (Å²) in [6.07, 6.45) is 0.151. The molecule has 0 bridgehead atoms. The van der Waals surface area contributed by atoms with Crippen LogP contribution >= 0.6 is 0 Å². The first-order valence-corrected chi connectivity index (χ1v) is 7.78. The normalized spacial score (nSPS) is 36.5. The van der Waals surface area contributed by atoms with Crippen LogP contribution in [0.4, 0.5) is 0 Å². The van der Waals surface area contributed by atoms with Crippen LogP contribution in [0.1, 0.15) is 20.3 Å². The Morgan fingerprint density at radius 3 is 2.68 bits per heavy atom. The molecule has 4 N–H and O–H groups in total. The number of aliphatic carboxylic acids is 1. The SMILES string of the molecule is C[C@@H](O)C1C(=O)N2C(C(=O)O)=C(CN3CC[C@H](N)C3)[C@H](C)[C@H]12. The van der Waals surface area contributed by atoms with E-state index in [9.17, 15) is 19.8 Å². The second kappa shape index (κ2) is 5.33. The van der Waals surface area contributed by atoms with Crippen LogP contribution in [0, 0.1) is 11.8 Å². The maximum absolute atomic E-state index is 12.2. The van der Waals surface area contributed by atoms with Gasteiger partial charge in [0.25, 0.3) is 0 Å². The quantitative estimate of drug-likeness (QED) is 0.588. The van der Waals surface area contributed by atoms with E-state index in [4.69, 9.17) is 5.73 Å². The van der Waals surface area contributed by atoms with Gasteiger partial charge in [-0.25, -0.2) is 4.79 Å². The van der Waals surface area contributed by atoms with Crippen LogP contribution in [0.25, 0.3) is 0 Å². The van der Waals surface area contributed by atoms with Gasteiger partial charge in [-0.15, -0.1) is 0 Å². The molecule has 7 heteroatoms. The second-order valence-electron chi connectivity index (χ2n) is 6.72. The number of nitrogens with zero attached hydrogens (tertiary/aromatic N) is 2. The number of β-lactam (4-membered cyclic amide) rings is 1. The van der Waals surface area contributed by atoms with Gasteiger partial charge in [-0.1, -0.05) is 6.92 Å². The monoisotopic (exact) mass is 309 g/mol. The molecule has 122 valence electrons. The second-order valence-corrected chi connectivity index (χ2v) is 6.72. The van der Waals surface area contributed by atoms with E-state index in [1.807, 2.05) is 6.92 Å². The predicted molar refractivity (Wildman–Crippen MR) is 78.7 cm³/mol. The molecule has 7 nitrogen and oxygen atoms in total. The van der Waals surface area contributed by atoms with Gasteiger partial charge in [-0.05, 0) is 18.9 Å². The van der Waals surface area contributed by atoms with E-state index in [1.165, 1.54) is 4.90 Å². The molecule has 0 aliphatic carbocycles. The molecule has 3 rings (SSSR count). The lowest BCUT2D eigenvalue weighted by Crippen LogP contribution is -2.63. The minimum absolute atomic E-state index is 0.0553. The largest absolute Gasteiger partial charge is 0.477 e. The van der Waals surface area contributed by atoms with Crippen molar-refractivity contribution in [1.29, 1.82) is 0 Å². The van der Waals surface area contributed by atoms with Gasteiger partial charge < -0.3 is 20.8 Å². The highest BCUT2D eigenvalue weighted by atomic mass is 16.4. The van der Waals surface area contributed by atoms with Gasteiger partial charge in [0, 0.05) is 31.6 Å². The number of nitrogens with two attached hydrogens (primary N) is 1. The smallest absolute Gasteiger partial charge is 0.352 e. The van der Waals surface area contributed by atoms with Gasteiger partial charge >= 0.3 is 5.97 Å². The Kier molecular flexibility index (Phi) is 3.74. The Bertz CT molecular complexity index is 545. The maximum atomic E-state index is 12.2. The summed E-state index contributed by atoms with van der Waals surface area (Å²) in [5.74, 6) is -1.90. The average Bonchev–Trinajstić information content (AvgIpc) is 2.92. The van der Waals surface area contributed by atoms with Gasteiger partial charge in [0.05, 0.1) is 18.1 Å². The highest BCUT2D eigenvalue weighted by Gasteiger charge is 2.59. The summed E-state index contributed by atoms with van der Waals surface area (Å²) >= 11 is 0. The molecule has 0 aromatic rings. The summed E-state index contributed by atoms with van der Waals surface area (Å²) in [6, 6.07) is -0.0978. The average molecular weight is 309 g/mol. The number of carboxylic acid groups (broad SMARTS) is 1. The molecule has 2 saturated heterocycles. The summed E-state index contributed by atoms with van der Waals surface area (Å²) in [5.41, 5.74) is 6.80. The first-order chi connectivity index (χ1) is 10.3. The first-order valence-electron chi connectivity index (χ1n) is 7.78. The highest BCUT2D eigenvalue weighted by molar-refractivity contribution is 6.00. The molecule has 22 heavy (non-hydrogen) atoms. The van der Waals surface area contributed by atoms with Crippen LogP contribution in [-0.2, 0) is 9.59 Å². The molecule has 1 amide bonds. The molecule has 5 atom stereocenters. The lowest BCUT2D eigenvalue weighted by molar-refractivity contribution is -0.163. The predicted octanol–water partition coefficient (Wildman–Crippen LogP) is -0.784. The molecule has 3 aliphatic heterocycles. The number of rotatable bonds is 4. The minimum Gasteiger partial charge on any atom is -0.477 e. The molecular weight excluding hydrogens is 286 g/mol. The minimum atomic E-state index is -1.06. The Morgan fingerprint density at radius 2 is 2.18 bits per heavy atom. The number of carbonyl (C=O) groups excluding carboxylic acids is 1. The molecular formula is C15H23N3O4. The number of aliphatic hydroxyl groups is 1. The van der Waals surface area contributed by atoms with E-state index < -0.39 is 18.0 Å². The number of hydrogen-bond acceptors (Lipinski definition) is 5. The summed E-state index contributed by atoms with van der Waals surface area (Å²) in [7, 11) is 0. The zero-order valence-corrected chi connectivity index (χ0v) is 12.9. The van der Waals surface area contributed by atoms with Crippen LogP contribution in [0.5, 0.6) is 0 Å². The molecule has 3 heterocycles. The third-order valence-electron chi connectivity index (χ3n) is 5.22. The molecule has 0 aromatic heterocycles. The van der Waals surface area contributed by atoms with Crippen molar-refractivity contribution in [3.63, 3.8) is 0 Å². The van der Waals surface area contributed by atoms with Crippen molar-refractivity contribution in [2.45, 2.75) is 38.5 Å². The van der Waals surface area contributed by atoms with Crippen molar-refractivity contribution in [2.24, 2.45) is 17.6 Å². The zero-order valence-electron chi connectivity index (χ0n) is 12.9. The van der Waals surface area contributed by atoms with Crippen LogP contribution in [0.15, 0.2) is 11.3 Å². The Hall–Kier alpha value is -1.44. The van der Waals surface area contributed by atoms with Crippen LogP contribution in [0.2, 0.25) is 0 Å². The number of carbonyl (C=O) groups is 2. The number of fused-ring (bicyclic) bond motifs is 1. The van der Waals surface area contributed by atoms with Gasteiger partial charge in [-0.3, -0.25) is 9.69 Å². The number of amides is 1. The highest BCUT2D eigenvalue weighted by Crippen LogP contribution is 2.47.